The Balaban J connectivity index is 3.92. The minimum atomic E-state index is -3.00. The summed E-state index contributed by atoms with van der Waals surface area (Å²) >= 11 is 0. The summed E-state index contributed by atoms with van der Waals surface area (Å²) in [6, 6.07) is -0.211. The van der Waals surface area contributed by atoms with Gasteiger partial charge in [0.15, 0.2) is 9.84 Å². The summed E-state index contributed by atoms with van der Waals surface area (Å²) in [5.74, 6) is 0.196. The van der Waals surface area contributed by atoms with Crippen molar-refractivity contribution >= 4 is 19.7 Å². The summed E-state index contributed by atoms with van der Waals surface area (Å²) in [5.41, 5.74) is 0. The monoisotopic (exact) mass is 257 g/mol. The summed E-state index contributed by atoms with van der Waals surface area (Å²) in [7, 11) is -5.98. The third-order valence-corrected chi connectivity index (χ3v) is 4.74. The largest absolute Gasteiger partial charge is 0.312 e. The van der Waals surface area contributed by atoms with Crippen molar-refractivity contribution in [3.05, 3.63) is 0 Å². The molecule has 0 aliphatic heterocycles. The molecule has 0 aromatic carbocycles. The van der Waals surface area contributed by atoms with E-state index in [4.69, 9.17) is 0 Å². The Bertz CT molecular complexity index is 371. The lowest BCUT2D eigenvalue weighted by atomic mass is 10.4. The molecule has 0 fully saturated rings. The summed E-state index contributed by atoms with van der Waals surface area (Å²) in [4.78, 5) is 0. The van der Waals surface area contributed by atoms with E-state index in [0.29, 0.717) is 6.54 Å². The van der Waals surface area contributed by atoms with Crippen molar-refractivity contribution in [1.82, 2.24) is 5.32 Å². The number of hydrogen-bond acceptors (Lipinski definition) is 5. The molecule has 0 rings (SSSR count). The van der Waals surface area contributed by atoms with E-state index in [-0.39, 0.29) is 23.3 Å². The van der Waals surface area contributed by atoms with Crippen molar-refractivity contribution in [3.63, 3.8) is 0 Å². The van der Waals surface area contributed by atoms with Crippen molar-refractivity contribution in [2.24, 2.45) is 0 Å². The molecule has 7 heteroatoms. The van der Waals surface area contributed by atoms with E-state index in [0.717, 1.165) is 6.26 Å². The molecule has 92 valence electrons. The van der Waals surface area contributed by atoms with E-state index in [1.807, 2.05) is 0 Å². The van der Waals surface area contributed by atoms with Gasteiger partial charge in [-0.25, -0.2) is 16.8 Å². The summed E-state index contributed by atoms with van der Waals surface area (Å²) < 4.78 is 44.0. The van der Waals surface area contributed by atoms with Gasteiger partial charge in [-0.2, -0.15) is 0 Å². The first-order valence-electron chi connectivity index (χ1n) is 4.78. The highest BCUT2D eigenvalue weighted by Gasteiger charge is 2.13. The van der Waals surface area contributed by atoms with Crippen LogP contribution in [0.2, 0.25) is 0 Å². The van der Waals surface area contributed by atoms with Gasteiger partial charge < -0.3 is 5.32 Å². The lowest BCUT2D eigenvalue weighted by Crippen LogP contribution is -2.36. The molecule has 0 aliphatic rings. The van der Waals surface area contributed by atoms with E-state index in [9.17, 15) is 16.8 Å². The molecule has 1 unspecified atom stereocenters. The lowest BCUT2D eigenvalue weighted by Gasteiger charge is -2.12. The quantitative estimate of drug-likeness (QED) is 0.661. The normalized spacial score (nSPS) is 15.1. The first kappa shape index (κ1) is 14.9. The Morgan fingerprint density at radius 3 is 2.13 bits per heavy atom. The van der Waals surface area contributed by atoms with Crippen molar-refractivity contribution in [1.29, 1.82) is 0 Å². The first-order valence-corrected chi connectivity index (χ1v) is 8.66. The van der Waals surface area contributed by atoms with Gasteiger partial charge in [0.2, 0.25) is 0 Å². The Labute approximate surface area is 92.1 Å². The zero-order valence-corrected chi connectivity index (χ0v) is 11.0. The molecule has 15 heavy (non-hydrogen) atoms. The van der Waals surface area contributed by atoms with Crippen LogP contribution in [0.25, 0.3) is 0 Å². The second kappa shape index (κ2) is 5.81. The van der Waals surface area contributed by atoms with Crippen LogP contribution in [0.5, 0.6) is 0 Å². The fraction of sp³-hybridized carbons (Fsp3) is 1.00. The Morgan fingerprint density at radius 1 is 1.20 bits per heavy atom. The van der Waals surface area contributed by atoms with Crippen LogP contribution in [0.15, 0.2) is 0 Å². The average Bonchev–Trinajstić information content (AvgIpc) is 2.00. The van der Waals surface area contributed by atoms with Gasteiger partial charge in [0.25, 0.3) is 0 Å². The van der Waals surface area contributed by atoms with Crippen molar-refractivity contribution < 1.29 is 16.8 Å². The maximum absolute atomic E-state index is 11.2. The van der Waals surface area contributed by atoms with Gasteiger partial charge in [-0.15, -0.1) is 0 Å². The molecule has 5 nitrogen and oxygen atoms in total. The average molecular weight is 257 g/mol. The molecule has 0 aliphatic carbocycles. The fourth-order valence-corrected chi connectivity index (χ4v) is 2.65. The number of nitrogens with one attached hydrogen (secondary N) is 1. The smallest absolute Gasteiger partial charge is 0.151 e. The second-order valence-corrected chi connectivity index (χ2v) is 8.34. The maximum atomic E-state index is 11.2. The minimum Gasteiger partial charge on any atom is -0.312 e. The van der Waals surface area contributed by atoms with Crippen LogP contribution in [0.3, 0.4) is 0 Å². The summed E-state index contributed by atoms with van der Waals surface area (Å²) in [6.07, 6.45) is 1.15. The standard InChI is InChI=1S/C8H19NO4S2/c1-4-15(12,13)7-8(2)9-5-6-14(3,10)11/h8-9H,4-7H2,1-3H3. The predicted molar refractivity (Wildman–Crippen MR) is 61.5 cm³/mol. The van der Waals surface area contributed by atoms with Gasteiger partial charge in [-0.1, -0.05) is 6.92 Å². The molecule has 0 saturated carbocycles. The zero-order chi connectivity index (χ0) is 12.1. The molecular weight excluding hydrogens is 238 g/mol. The predicted octanol–water partition coefficient (Wildman–Crippen LogP) is -0.556. The van der Waals surface area contributed by atoms with Crippen LogP contribution in [0.4, 0.5) is 0 Å². The highest BCUT2D eigenvalue weighted by molar-refractivity contribution is 7.91. The Morgan fingerprint density at radius 2 is 1.73 bits per heavy atom. The van der Waals surface area contributed by atoms with Crippen LogP contribution in [0.1, 0.15) is 13.8 Å². The summed E-state index contributed by atoms with van der Waals surface area (Å²) in [6.45, 7) is 3.62. The molecule has 0 aromatic heterocycles. The van der Waals surface area contributed by atoms with Gasteiger partial charge in [-0.05, 0) is 6.92 Å². The van der Waals surface area contributed by atoms with Crippen LogP contribution < -0.4 is 5.32 Å². The highest BCUT2D eigenvalue weighted by Crippen LogP contribution is 1.94. The van der Waals surface area contributed by atoms with Crippen LogP contribution in [-0.2, 0) is 19.7 Å². The molecule has 0 aromatic rings. The molecule has 0 heterocycles. The second-order valence-electron chi connectivity index (χ2n) is 3.68. The minimum absolute atomic E-state index is 0.0313. The number of rotatable bonds is 7. The van der Waals surface area contributed by atoms with Gasteiger partial charge in [0.1, 0.15) is 9.84 Å². The van der Waals surface area contributed by atoms with Gasteiger partial charge in [0, 0.05) is 24.6 Å². The highest BCUT2D eigenvalue weighted by atomic mass is 32.2. The van der Waals surface area contributed by atoms with Crippen LogP contribution in [0, 0.1) is 0 Å². The molecule has 0 bridgehead atoms. The van der Waals surface area contributed by atoms with Crippen LogP contribution >= 0.6 is 0 Å². The van der Waals surface area contributed by atoms with E-state index in [1.165, 1.54) is 0 Å². The zero-order valence-electron chi connectivity index (χ0n) is 9.36. The molecule has 1 atom stereocenters. The first-order chi connectivity index (χ1) is 6.66. The van der Waals surface area contributed by atoms with Gasteiger partial charge >= 0.3 is 0 Å². The van der Waals surface area contributed by atoms with Crippen molar-refractivity contribution in [2.75, 3.05) is 30.1 Å². The van der Waals surface area contributed by atoms with E-state index in [1.54, 1.807) is 13.8 Å². The summed E-state index contributed by atoms with van der Waals surface area (Å²) in [5, 5.41) is 2.87. The molecule has 0 saturated heterocycles. The molecular formula is C8H19NO4S2. The third kappa shape index (κ3) is 8.83. The maximum Gasteiger partial charge on any atom is 0.151 e. The Hall–Kier alpha value is -0.140. The molecule has 0 spiro atoms. The molecule has 0 amide bonds. The van der Waals surface area contributed by atoms with E-state index in [2.05, 4.69) is 5.32 Å². The van der Waals surface area contributed by atoms with E-state index >= 15 is 0 Å². The van der Waals surface area contributed by atoms with Crippen LogP contribution in [-0.4, -0.2) is 52.9 Å². The third-order valence-electron chi connectivity index (χ3n) is 1.91. The lowest BCUT2D eigenvalue weighted by molar-refractivity contribution is 0.563. The van der Waals surface area contributed by atoms with Crippen molar-refractivity contribution in [2.45, 2.75) is 19.9 Å². The SMILES string of the molecule is CCS(=O)(=O)CC(C)NCCS(C)(=O)=O. The molecule has 0 radical (unpaired) electrons. The van der Waals surface area contributed by atoms with Gasteiger partial charge in [0.05, 0.1) is 11.5 Å². The topological polar surface area (TPSA) is 80.3 Å². The van der Waals surface area contributed by atoms with Crippen molar-refractivity contribution in [3.8, 4) is 0 Å². The number of hydrogen-bond donors (Lipinski definition) is 1. The van der Waals surface area contributed by atoms with E-state index < -0.39 is 19.7 Å². The van der Waals surface area contributed by atoms with Gasteiger partial charge in [-0.3, -0.25) is 0 Å². The molecule has 1 N–H and O–H groups in total. The number of sulfone groups is 2. The Kier molecular flexibility index (Phi) is 5.76. The fourth-order valence-electron chi connectivity index (χ4n) is 1.05.